The van der Waals surface area contributed by atoms with Crippen LogP contribution in [0.3, 0.4) is 0 Å². The van der Waals surface area contributed by atoms with Crippen LogP contribution in [0.15, 0.2) is 45.8 Å². The van der Waals surface area contributed by atoms with Crippen LogP contribution in [-0.2, 0) is 17.2 Å². The third kappa shape index (κ3) is 6.50. The zero-order valence-electron chi connectivity index (χ0n) is 20.1. The summed E-state index contributed by atoms with van der Waals surface area (Å²) in [7, 11) is -0.181. The van der Waals surface area contributed by atoms with Gasteiger partial charge in [0, 0.05) is 0 Å². The fourth-order valence-corrected chi connectivity index (χ4v) is 11.4. The van der Waals surface area contributed by atoms with Gasteiger partial charge in [0.2, 0.25) is 0 Å². The Bertz CT molecular complexity index is 1300. The first-order chi connectivity index (χ1) is 16.7. The number of allylic oxidation sites excluding steroid dienone is 2. The van der Waals surface area contributed by atoms with Crippen LogP contribution in [0.2, 0.25) is 0 Å². The van der Waals surface area contributed by atoms with Crippen molar-refractivity contribution in [2.75, 3.05) is 30.6 Å². The van der Waals surface area contributed by atoms with E-state index in [0.29, 0.717) is 16.3 Å². The summed E-state index contributed by atoms with van der Waals surface area (Å²) in [5.41, 5.74) is 2.22. The molecule has 35 heavy (non-hydrogen) atoms. The molecule has 1 unspecified atom stereocenters. The van der Waals surface area contributed by atoms with Gasteiger partial charge >= 0.3 is 212 Å². The van der Waals surface area contributed by atoms with Crippen LogP contribution in [0.4, 0.5) is 5.69 Å². The van der Waals surface area contributed by atoms with E-state index in [-0.39, 0.29) is 26.7 Å². The van der Waals surface area contributed by atoms with E-state index >= 15 is 0 Å². The van der Waals surface area contributed by atoms with Gasteiger partial charge in [0.25, 0.3) is 0 Å². The number of ether oxygens (including phenoxy) is 1. The first-order valence-corrected chi connectivity index (χ1v) is 18.2. The van der Waals surface area contributed by atoms with Gasteiger partial charge in [0.05, 0.1) is 7.11 Å². The van der Waals surface area contributed by atoms with Gasteiger partial charge < -0.3 is 0 Å². The van der Waals surface area contributed by atoms with Crippen molar-refractivity contribution in [2.24, 2.45) is 7.05 Å². The van der Waals surface area contributed by atoms with Gasteiger partial charge in [-0.05, 0) is 0 Å². The van der Waals surface area contributed by atoms with Gasteiger partial charge in [-0.1, -0.05) is 0 Å². The smallest absolute Gasteiger partial charge is 0.286 e. The van der Waals surface area contributed by atoms with E-state index < -0.39 is 10.1 Å². The van der Waals surface area contributed by atoms with Gasteiger partial charge in [-0.15, -0.1) is 0 Å². The van der Waals surface area contributed by atoms with Crippen molar-refractivity contribution in [3.05, 3.63) is 50.8 Å². The second-order valence-corrected chi connectivity index (χ2v) is 16.9. The third-order valence-corrected chi connectivity index (χ3v) is 15.2. The van der Waals surface area contributed by atoms with Crippen molar-refractivity contribution in [1.82, 2.24) is 0 Å². The van der Waals surface area contributed by atoms with Crippen LogP contribution in [0, 0.1) is 0 Å². The summed E-state index contributed by atoms with van der Waals surface area (Å²) in [6.07, 6.45) is 12.5. The van der Waals surface area contributed by atoms with E-state index in [2.05, 4.69) is 54.0 Å². The molecule has 0 radical (unpaired) electrons. The predicted molar refractivity (Wildman–Crippen MR) is 151 cm³/mol. The first kappa shape index (κ1) is 27.1. The summed E-state index contributed by atoms with van der Waals surface area (Å²) in [6, 6.07) is 5.96. The topological polar surface area (TPSA) is 70.7 Å². The predicted octanol–water partition coefficient (Wildman–Crippen LogP) is 4.15. The molecular formula is C24H29N2O4S4Te+. The minimum atomic E-state index is -4.00. The van der Waals surface area contributed by atoms with Crippen LogP contribution in [0.1, 0.15) is 29.7 Å². The molecule has 2 aliphatic heterocycles. The molecule has 3 heterocycles. The minimum absolute atomic E-state index is 0.262. The number of anilines is 1. The second kappa shape index (κ2) is 11.6. The fraction of sp³-hybridized carbons (Fsp3) is 0.375. The Morgan fingerprint density at radius 1 is 1.40 bits per heavy atom. The van der Waals surface area contributed by atoms with Gasteiger partial charge in [0.15, 0.2) is 0 Å². The Labute approximate surface area is 230 Å². The van der Waals surface area contributed by atoms with Crippen LogP contribution in [-0.4, -0.2) is 62.9 Å². The maximum atomic E-state index is 11.3. The molecule has 1 N–H and O–H groups in total. The molecule has 1 aromatic carbocycles. The van der Waals surface area contributed by atoms with Crippen molar-refractivity contribution in [3.63, 3.8) is 0 Å². The Kier molecular flexibility index (Phi) is 9.01. The molecule has 188 valence electrons. The van der Waals surface area contributed by atoms with E-state index in [0.717, 1.165) is 27.8 Å². The maximum absolute atomic E-state index is 11.3. The number of hydrogen-bond acceptors (Lipinski definition) is 7. The summed E-state index contributed by atoms with van der Waals surface area (Å²) in [5, 5.41) is 2.30. The fourth-order valence-electron chi connectivity index (χ4n) is 3.81. The standard InChI is InChI=1S/C24H28N2O4S4Te/c1-5-16(13-21-25(2)24-20(33-21)9-10-23(31-4)35-24)14-22-26(11-6-12-34(27,28)29)18-15-17(30-3)7-8-19(18)32-22/h7-10,13-15,23H,5-6,11-12H2,1-4H3/p+1. The molecule has 0 saturated carbocycles. The zero-order valence-corrected chi connectivity index (χ0v) is 25.7. The number of thiazole rings is 1. The van der Waals surface area contributed by atoms with Gasteiger partial charge in [-0.2, -0.15) is 8.42 Å². The Balaban J connectivity index is 1.65. The molecule has 1 aromatic heterocycles. The number of methoxy groups -OCH3 is 1. The molecule has 1 atom stereocenters. The summed E-state index contributed by atoms with van der Waals surface area (Å²) < 4.78 is 41.8. The summed E-state index contributed by atoms with van der Waals surface area (Å²) >= 11 is 5.20. The summed E-state index contributed by atoms with van der Waals surface area (Å²) in [6.45, 7) is 2.65. The summed E-state index contributed by atoms with van der Waals surface area (Å²) in [5.74, 6) is 0.496. The van der Waals surface area contributed by atoms with Crippen LogP contribution < -0.4 is 17.9 Å². The Hall–Kier alpha value is -0.930. The zero-order chi connectivity index (χ0) is 25.2. The van der Waals surface area contributed by atoms with Crippen LogP contribution >= 0.6 is 34.9 Å². The quantitative estimate of drug-likeness (QED) is 0.245. The molecule has 0 bridgehead atoms. The molecule has 0 spiro atoms. The summed E-state index contributed by atoms with van der Waals surface area (Å²) in [4.78, 5) is 4.63. The number of hydrogen-bond donors (Lipinski definition) is 1. The number of nitrogens with zero attached hydrogens (tertiary/aromatic N) is 2. The number of aromatic nitrogens is 1. The normalized spacial score (nSPS) is 18.8. The molecule has 0 fully saturated rings. The molecular weight excluding hydrogens is 636 g/mol. The van der Waals surface area contributed by atoms with E-state index in [1.807, 2.05) is 41.3 Å². The average molecular weight is 665 g/mol. The number of fused-ring (bicyclic) bond motifs is 2. The van der Waals surface area contributed by atoms with Crippen LogP contribution in [0.5, 0.6) is 5.75 Å². The SMILES string of the molecule is CCC(=Cc1sc2c([n+]1C)[Te]C(SC)C=C2)C=C1Sc2ccc(OC)cc2N1CCCS(=O)(=O)O. The molecule has 4 rings (SSSR count). The van der Waals surface area contributed by atoms with Gasteiger partial charge in [-0.3, -0.25) is 4.55 Å². The Morgan fingerprint density at radius 2 is 2.20 bits per heavy atom. The Morgan fingerprint density at radius 3 is 2.89 bits per heavy atom. The van der Waals surface area contributed by atoms with Gasteiger partial charge in [-0.25, -0.2) is 0 Å². The van der Waals surface area contributed by atoms with E-state index in [4.69, 9.17) is 4.74 Å². The number of rotatable bonds is 9. The minimum Gasteiger partial charge on any atom is -0.286 e. The van der Waals surface area contributed by atoms with Crippen molar-refractivity contribution in [2.45, 2.75) is 28.0 Å². The first-order valence-electron chi connectivity index (χ1n) is 11.1. The van der Waals surface area contributed by atoms with Crippen LogP contribution in [0.25, 0.3) is 12.2 Å². The van der Waals surface area contributed by atoms with E-state index in [9.17, 15) is 13.0 Å². The van der Waals surface area contributed by atoms with Gasteiger partial charge in [0.1, 0.15) is 0 Å². The van der Waals surface area contributed by atoms with Crippen molar-refractivity contribution >= 4 is 87.5 Å². The molecule has 0 aliphatic carbocycles. The molecule has 0 saturated heterocycles. The molecule has 2 aromatic rings. The number of benzene rings is 1. The average Bonchev–Trinajstić information content (AvgIpc) is 3.33. The molecule has 0 amide bonds. The van der Waals surface area contributed by atoms with E-state index in [1.165, 1.54) is 19.2 Å². The molecule has 11 heteroatoms. The monoisotopic (exact) mass is 667 g/mol. The van der Waals surface area contributed by atoms with E-state index in [1.54, 1.807) is 18.9 Å². The van der Waals surface area contributed by atoms with Crippen molar-refractivity contribution in [1.29, 1.82) is 0 Å². The number of thioether (sulfide) groups is 2. The second-order valence-electron chi connectivity index (χ2n) is 8.03. The molecule has 6 nitrogen and oxygen atoms in total. The van der Waals surface area contributed by atoms with Crippen molar-refractivity contribution < 1.29 is 22.3 Å². The third-order valence-electron chi connectivity index (χ3n) is 5.67. The van der Waals surface area contributed by atoms with Crippen molar-refractivity contribution in [3.8, 4) is 5.75 Å². The molecule has 2 aliphatic rings.